The first-order valence-electron chi connectivity index (χ1n) is 8.42. The molecule has 146 valence electrons. The molecule has 1 fully saturated rings. The topological polar surface area (TPSA) is 151 Å². The Kier molecular flexibility index (Phi) is 7.10. The largest absolute Gasteiger partial charge is 0.363 e. The quantitative estimate of drug-likeness (QED) is 0.426. The number of nitrogens with two attached hydrogens (primary N) is 1. The maximum absolute atomic E-state index is 12.3. The van der Waals surface area contributed by atoms with Gasteiger partial charge < -0.3 is 26.6 Å². The second kappa shape index (κ2) is 8.63. The van der Waals surface area contributed by atoms with Gasteiger partial charge in [-0.3, -0.25) is 19.2 Å². The average Bonchev–Trinajstić information content (AvgIpc) is 2.99. The summed E-state index contributed by atoms with van der Waals surface area (Å²) < 4.78 is 0. The van der Waals surface area contributed by atoms with E-state index in [0.717, 1.165) is 0 Å². The van der Waals surface area contributed by atoms with Crippen molar-refractivity contribution in [1.29, 1.82) is 0 Å². The van der Waals surface area contributed by atoms with E-state index in [1.165, 1.54) is 11.8 Å². The van der Waals surface area contributed by atoms with Gasteiger partial charge in [-0.1, -0.05) is 0 Å². The zero-order chi connectivity index (χ0) is 20.1. The molecule has 0 aromatic carbocycles. The highest BCUT2D eigenvalue weighted by atomic mass is 16.2. The van der Waals surface area contributed by atoms with E-state index in [1.807, 2.05) is 20.8 Å². The van der Waals surface area contributed by atoms with Crippen molar-refractivity contribution >= 4 is 29.5 Å². The Bertz CT molecular complexity index is 598. The van der Waals surface area contributed by atoms with Gasteiger partial charge in [0.1, 0.15) is 6.04 Å². The summed E-state index contributed by atoms with van der Waals surface area (Å²) >= 11 is 0. The first-order chi connectivity index (χ1) is 11.9. The van der Waals surface area contributed by atoms with Crippen LogP contribution in [0.5, 0.6) is 0 Å². The van der Waals surface area contributed by atoms with Gasteiger partial charge in [0.25, 0.3) is 5.91 Å². The number of Topliss-reactive ketones (excluding diaryl/α,β-unsaturated/α-hetero) is 1. The molecule has 10 heteroatoms. The van der Waals surface area contributed by atoms with Gasteiger partial charge >= 0.3 is 6.03 Å². The second-order valence-corrected chi connectivity index (χ2v) is 7.26. The molecule has 0 spiro atoms. The van der Waals surface area contributed by atoms with Crippen molar-refractivity contribution in [3.63, 3.8) is 0 Å². The van der Waals surface area contributed by atoms with E-state index >= 15 is 0 Å². The number of rotatable bonds is 6. The van der Waals surface area contributed by atoms with Crippen molar-refractivity contribution in [2.24, 2.45) is 5.73 Å². The van der Waals surface area contributed by atoms with E-state index in [4.69, 9.17) is 5.73 Å². The van der Waals surface area contributed by atoms with Crippen LogP contribution in [0.3, 0.4) is 0 Å². The number of hydrogen-bond acceptors (Lipinski definition) is 5. The molecule has 0 aromatic rings. The van der Waals surface area contributed by atoms with Crippen molar-refractivity contribution in [1.82, 2.24) is 20.9 Å². The van der Waals surface area contributed by atoms with Crippen LogP contribution < -0.4 is 21.7 Å². The number of nitrogens with one attached hydrogen (secondary N) is 3. The Balaban J connectivity index is 2.59. The summed E-state index contributed by atoms with van der Waals surface area (Å²) in [7, 11) is 0. The number of amides is 5. The molecule has 0 bridgehead atoms. The smallest absolute Gasteiger partial charge is 0.315 e. The molecule has 0 radical (unpaired) electrons. The third kappa shape index (κ3) is 6.34. The molecular weight excluding hydrogens is 342 g/mol. The lowest BCUT2D eigenvalue weighted by molar-refractivity contribution is -0.140. The second-order valence-electron chi connectivity index (χ2n) is 7.26. The lowest BCUT2D eigenvalue weighted by Crippen LogP contribution is -2.54. The number of urea groups is 1. The summed E-state index contributed by atoms with van der Waals surface area (Å²) in [6.45, 7) is 6.90. The highest BCUT2D eigenvalue weighted by molar-refractivity contribution is 6.37. The molecule has 1 rings (SSSR count). The molecule has 0 saturated carbocycles. The Hall–Kier alpha value is -2.65. The van der Waals surface area contributed by atoms with Crippen molar-refractivity contribution in [3.8, 4) is 0 Å². The van der Waals surface area contributed by atoms with Crippen molar-refractivity contribution in [2.75, 3.05) is 13.1 Å². The molecule has 1 aliphatic rings. The number of ketones is 1. The van der Waals surface area contributed by atoms with E-state index in [-0.39, 0.29) is 6.54 Å². The fourth-order valence-corrected chi connectivity index (χ4v) is 2.57. The van der Waals surface area contributed by atoms with Gasteiger partial charge in [-0.2, -0.15) is 0 Å². The van der Waals surface area contributed by atoms with Gasteiger partial charge in [0, 0.05) is 12.1 Å². The van der Waals surface area contributed by atoms with Gasteiger partial charge in [-0.05, 0) is 40.5 Å². The van der Waals surface area contributed by atoms with Crippen LogP contribution in [0.25, 0.3) is 0 Å². The zero-order valence-corrected chi connectivity index (χ0v) is 15.5. The molecule has 1 saturated heterocycles. The number of hydrogen-bond donors (Lipinski definition) is 4. The minimum atomic E-state index is -1.13. The molecule has 26 heavy (non-hydrogen) atoms. The first-order valence-corrected chi connectivity index (χ1v) is 8.42. The van der Waals surface area contributed by atoms with Crippen LogP contribution in [0.4, 0.5) is 4.79 Å². The number of nitrogens with zero attached hydrogens (tertiary/aromatic N) is 1. The summed E-state index contributed by atoms with van der Waals surface area (Å²) in [5, 5.41) is 7.53. The van der Waals surface area contributed by atoms with Crippen LogP contribution in [0.1, 0.15) is 40.5 Å². The molecule has 2 unspecified atom stereocenters. The highest BCUT2D eigenvalue weighted by Gasteiger charge is 2.35. The molecule has 5 N–H and O–H groups in total. The number of likely N-dealkylation sites (tertiary alicyclic amines) is 1. The Morgan fingerprint density at radius 3 is 2.35 bits per heavy atom. The summed E-state index contributed by atoms with van der Waals surface area (Å²) in [6, 6.07) is -2.29. The standard InChI is InChI=1S/C16H27N5O5/c1-9(12(23)13(17)24)19-14(25)10-6-5-7-21(10)11(22)8-18-15(26)20-16(2,3)4/h9-10H,5-8H2,1-4H3,(H2,17,24)(H,19,25)(H2,18,20,26). The Morgan fingerprint density at radius 2 is 1.81 bits per heavy atom. The van der Waals surface area contributed by atoms with Gasteiger partial charge in [-0.25, -0.2) is 4.79 Å². The minimum Gasteiger partial charge on any atom is -0.363 e. The van der Waals surface area contributed by atoms with Crippen LogP contribution >= 0.6 is 0 Å². The fraction of sp³-hybridized carbons (Fsp3) is 0.688. The average molecular weight is 369 g/mol. The monoisotopic (exact) mass is 369 g/mol. The SMILES string of the molecule is CC(NC(=O)C1CCCN1C(=O)CNC(=O)NC(C)(C)C)C(=O)C(N)=O. The summed E-state index contributed by atoms with van der Waals surface area (Å²) in [4.78, 5) is 60.1. The summed E-state index contributed by atoms with van der Waals surface area (Å²) in [5.41, 5.74) is 4.46. The summed E-state index contributed by atoms with van der Waals surface area (Å²) in [5.74, 6) is -2.97. The number of primary amides is 1. The van der Waals surface area contributed by atoms with Gasteiger partial charge in [0.05, 0.1) is 12.6 Å². The molecule has 1 aliphatic heterocycles. The van der Waals surface area contributed by atoms with Crippen molar-refractivity contribution < 1.29 is 24.0 Å². The third-order valence-electron chi connectivity index (χ3n) is 3.76. The van der Waals surface area contributed by atoms with Crippen LogP contribution in [0, 0.1) is 0 Å². The predicted octanol–water partition coefficient (Wildman–Crippen LogP) is -1.37. The highest BCUT2D eigenvalue weighted by Crippen LogP contribution is 2.17. The van der Waals surface area contributed by atoms with Gasteiger partial charge in [-0.15, -0.1) is 0 Å². The maximum atomic E-state index is 12.3. The third-order valence-corrected chi connectivity index (χ3v) is 3.76. The maximum Gasteiger partial charge on any atom is 0.315 e. The summed E-state index contributed by atoms with van der Waals surface area (Å²) in [6.07, 6.45) is 1.05. The molecule has 5 amide bonds. The van der Waals surface area contributed by atoms with E-state index in [0.29, 0.717) is 19.4 Å². The Labute approximate surface area is 152 Å². The predicted molar refractivity (Wildman–Crippen MR) is 92.8 cm³/mol. The van der Waals surface area contributed by atoms with Crippen LogP contribution in [-0.2, 0) is 19.2 Å². The minimum absolute atomic E-state index is 0.249. The lowest BCUT2D eigenvalue weighted by Gasteiger charge is -2.26. The van der Waals surface area contributed by atoms with Gasteiger partial charge in [0.15, 0.2) is 0 Å². The van der Waals surface area contributed by atoms with E-state index in [9.17, 15) is 24.0 Å². The van der Waals surface area contributed by atoms with Gasteiger partial charge in [0.2, 0.25) is 17.6 Å². The molecule has 10 nitrogen and oxygen atoms in total. The normalized spacial score (nSPS) is 18.0. The van der Waals surface area contributed by atoms with Crippen LogP contribution in [0.2, 0.25) is 0 Å². The molecular formula is C16H27N5O5. The zero-order valence-electron chi connectivity index (χ0n) is 15.5. The first kappa shape index (κ1) is 21.4. The molecule has 1 heterocycles. The Morgan fingerprint density at radius 1 is 1.19 bits per heavy atom. The molecule has 0 aromatic heterocycles. The lowest BCUT2D eigenvalue weighted by atomic mass is 10.1. The van der Waals surface area contributed by atoms with Crippen molar-refractivity contribution in [2.45, 2.75) is 58.2 Å². The van der Waals surface area contributed by atoms with Crippen molar-refractivity contribution in [3.05, 3.63) is 0 Å². The van der Waals surface area contributed by atoms with E-state index in [1.54, 1.807) is 0 Å². The number of carbonyl (C=O) groups excluding carboxylic acids is 5. The van der Waals surface area contributed by atoms with Crippen LogP contribution in [-0.4, -0.2) is 65.1 Å². The fourth-order valence-electron chi connectivity index (χ4n) is 2.57. The van der Waals surface area contributed by atoms with E-state index in [2.05, 4.69) is 16.0 Å². The molecule has 2 atom stereocenters. The van der Waals surface area contributed by atoms with Crippen LogP contribution in [0.15, 0.2) is 0 Å². The molecule has 0 aliphatic carbocycles. The number of carbonyl (C=O) groups is 5. The van der Waals surface area contributed by atoms with E-state index < -0.39 is 47.2 Å².